The van der Waals surface area contributed by atoms with Gasteiger partial charge in [0.05, 0.1) is 7.11 Å². The maximum atomic E-state index is 12.3. The summed E-state index contributed by atoms with van der Waals surface area (Å²) in [6.07, 6.45) is 4.00. The summed E-state index contributed by atoms with van der Waals surface area (Å²) in [5, 5.41) is 11.3. The lowest BCUT2D eigenvalue weighted by Gasteiger charge is -2.28. The monoisotopic (exact) mass is 344 g/mol. The van der Waals surface area contributed by atoms with E-state index in [-0.39, 0.29) is 6.61 Å². The van der Waals surface area contributed by atoms with E-state index in [1.54, 1.807) is 50.3 Å². The van der Waals surface area contributed by atoms with Crippen molar-refractivity contribution in [3.8, 4) is 11.8 Å². The number of methoxy groups -OCH3 is 1. The number of aliphatic hydroxyl groups is 1. The molecule has 0 saturated carbocycles. The Kier molecular flexibility index (Phi) is 7.86. The fourth-order valence-electron chi connectivity index (χ4n) is 1.93. The number of hydrogen-bond donors (Lipinski definition) is 3. The smallest absolute Gasteiger partial charge is 0.330 e. The van der Waals surface area contributed by atoms with E-state index in [2.05, 4.69) is 17.2 Å². The van der Waals surface area contributed by atoms with Gasteiger partial charge in [-0.2, -0.15) is 0 Å². The maximum absolute atomic E-state index is 12.3. The zero-order valence-electron chi connectivity index (χ0n) is 14.7. The highest BCUT2D eigenvalue weighted by Gasteiger charge is 2.34. The van der Waals surface area contributed by atoms with E-state index in [0.717, 1.165) is 5.56 Å². The molecule has 0 aliphatic carbocycles. The molecule has 134 valence electrons. The van der Waals surface area contributed by atoms with Crippen molar-refractivity contribution in [3.63, 3.8) is 0 Å². The molecule has 0 spiro atoms. The van der Waals surface area contributed by atoms with Gasteiger partial charge in [0.25, 0.3) is 5.91 Å². The minimum absolute atomic E-state index is 0.0914. The molecule has 6 nitrogen and oxygen atoms in total. The van der Waals surface area contributed by atoms with Crippen molar-refractivity contribution in [3.05, 3.63) is 47.5 Å². The van der Waals surface area contributed by atoms with Gasteiger partial charge < -0.3 is 20.9 Å². The molecule has 0 fully saturated rings. The van der Waals surface area contributed by atoms with Crippen LogP contribution in [0.25, 0.3) is 0 Å². The Bertz CT molecular complexity index is 676. The quantitative estimate of drug-likeness (QED) is 0.527. The van der Waals surface area contributed by atoms with Gasteiger partial charge in [-0.25, -0.2) is 4.79 Å². The second-order valence-corrected chi connectivity index (χ2v) is 6.01. The van der Waals surface area contributed by atoms with Gasteiger partial charge in [0.1, 0.15) is 6.04 Å². The molecule has 0 saturated heterocycles. The number of carbonyl (C=O) groups is 2. The first kappa shape index (κ1) is 20.4. The van der Waals surface area contributed by atoms with Crippen molar-refractivity contribution in [1.82, 2.24) is 5.32 Å². The topological polar surface area (TPSA) is 102 Å². The van der Waals surface area contributed by atoms with Crippen molar-refractivity contribution in [2.75, 3.05) is 13.7 Å². The van der Waals surface area contributed by atoms with Crippen LogP contribution in [0, 0.1) is 11.8 Å². The normalized spacial score (nSPS) is 12.2. The highest BCUT2D eigenvalue weighted by atomic mass is 16.5. The van der Waals surface area contributed by atoms with Crippen molar-refractivity contribution in [2.24, 2.45) is 5.73 Å². The van der Waals surface area contributed by atoms with E-state index >= 15 is 0 Å². The van der Waals surface area contributed by atoms with E-state index in [1.807, 2.05) is 0 Å². The van der Waals surface area contributed by atoms with Gasteiger partial charge in [0, 0.05) is 23.3 Å². The number of benzene rings is 1. The zero-order valence-corrected chi connectivity index (χ0v) is 14.7. The Morgan fingerprint density at radius 3 is 2.52 bits per heavy atom. The molecule has 1 aromatic carbocycles. The average molecular weight is 344 g/mol. The molecule has 6 heteroatoms. The molecule has 0 radical (unpaired) electrons. The second-order valence-electron chi connectivity index (χ2n) is 6.01. The Balaban J connectivity index is 2.81. The SMILES string of the molecule is COC(=O)[C@@H](NC(=O)c1ccc(C#CC=CCCO)cc1)C(C)(C)N. The fourth-order valence-corrected chi connectivity index (χ4v) is 1.93. The van der Waals surface area contributed by atoms with Crippen LogP contribution in [0.5, 0.6) is 0 Å². The van der Waals surface area contributed by atoms with E-state index in [0.29, 0.717) is 12.0 Å². The zero-order chi connectivity index (χ0) is 18.9. The summed E-state index contributed by atoms with van der Waals surface area (Å²) in [7, 11) is 1.25. The van der Waals surface area contributed by atoms with Crippen LogP contribution in [0.3, 0.4) is 0 Å². The van der Waals surface area contributed by atoms with E-state index < -0.39 is 23.5 Å². The van der Waals surface area contributed by atoms with Crippen molar-refractivity contribution in [1.29, 1.82) is 0 Å². The summed E-state index contributed by atoms with van der Waals surface area (Å²) in [4.78, 5) is 24.1. The van der Waals surface area contributed by atoms with Crippen molar-refractivity contribution >= 4 is 11.9 Å². The second kappa shape index (κ2) is 9.62. The van der Waals surface area contributed by atoms with Crippen LogP contribution in [0.1, 0.15) is 36.2 Å². The number of rotatable bonds is 6. The van der Waals surface area contributed by atoms with E-state index in [1.165, 1.54) is 7.11 Å². The summed E-state index contributed by atoms with van der Waals surface area (Å²) < 4.78 is 4.69. The number of ether oxygens (including phenoxy) is 1. The number of aliphatic hydroxyl groups excluding tert-OH is 1. The number of carbonyl (C=O) groups excluding carboxylic acids is 2. The summed E-state index contributed by atoms with van der Waals surface area (Å²) in [5.41, 5.74) is 6.11. The third-order valence-corrected chi connectivity index (χ3v) is 3.32. The summed E-state index contributed by atoms with van der Waals surface area (Å²) >= 11 is 0. The molecule has 1 rings (SSSR count). The third kappa shape index (κ3) is 6.79. The molecule has 1 aromatic rings. The molecule has 1 amide bonds. The van der Waals surface area contributed by atoms with Gasteiger partial charge in [-0.15, -0.1) is 0 Å². The maximum Gasteiger partial charge on any atom is 0.330 e. The van der Waals surface area contributed by atoms with Gasteiger partial charge in [-0.1, -0.05) is 17.9 Å². The Morgan fingerprint density at radius 1 is 1.36 bits per heavy atom. The molecular weight excluding hydrogens is 320 g/mol. The van der Waals surface area contributed by atoms with Crippen LogP contribution in [-0.2, 0) is 9.53 Å². The molecule has 0 unspecified atom stereocenters. The fraction of sp³-hybridized carbons (Fsp3) is 0.368. The van der Waals surface area contributed by atoms with Crippen LogP contribution in [0.2, 0.25) is 0 Å². The van der Waals surface area contributed by atoms with Gasteiger partial charge in [0.15, 0.2) is 0 Å². The highest BCUT2D eigenvalue weighted by molar-refractivity contribution is 5.97. The molecule has 4 N–H and O–H groups in total. The van der Waals surface area contributed by atoms with Gasteiger partial charge in [-0.05, 0) is 50.6 Å². The first-order valence-electron chi connectivity index (χ1n) is 7.84. The minimum atomic E-state index is -0.963. The molecule has 1 atom stereocenters. The third-order valence-electron chi connectivity index (χ3n) is 3.32. The molecule has 0 aromatic heterocycles. The lowest BCUT2D eigenvalue weighted by molar-refractivity contribution is -0.144. The van der Waals surface area contributed by atoms with Gasteiger partial charge in [-0.3, -0.25) is 4.79 Å². The van der Waals surface area contributed by atoms with Crippen LogP contribution in [0.15, 0.2) is 36.4 Å². The predicted molar refractivity (Wildman–Crippen MR) is 95.7 cm³/mol. The first-order valence-corrected chi connectivity index (χ1v) is 7.84. The number of hydrogen-bond acceptors (Lipinski definition) is 5. The molecule has 0 aliphatic rings. The summed E-state index contributed by atoms with van der Waals surface area (Å²) in [6, 6.07) is 5.70. The van der Waals surface area contributed by atoms with Crippen LogP contribution < -0.4 is 11.1 Å². The largest absolute Gasteiger partial charge is 0.467 e. The Morgan fingerprint density at radius 2 is 2.00 bits per heavy atom. The number of allylic oxidation sites excluding steroid dienone is 1. The predicted octanol–water partition coefficient (Wildman–Crippen LogP) is 0.985. The number of nitrogens with two attached hydrogens (primary N) is 1. The molecule has 25 heavy (non-hydrogen) atoms. The van der Waals surface area contributed by atoms with Crippen LogP contribution in [-0.4, -0.2) is 42.3 Å². The lowest BCUT2D eigenvalue weighted by atomic mass is 9.95. The molecule has 0 bridgehead atoms. The Hall–Kier alpha value is -2.62. The molecular formula is C19H24N2O4. The summed E-state index contributed by atoms with van der Waals surface area (Å²) in [5.74, 6) is 4.74. The number of nitrogens with one attached hydrogen (secondary N) is 1. The highest BCUT2D eigenvalue weighted by Crippen LogP contribution is 2.10. The summed E-state index contributed by atoms with van der Waals surface area (Å²) in [6.45, 7) is 3.36. The molecule has 0 heterocycles. The van der Waals surface area contributed by atoms with Crippen molar-refractivity contribution < 1.29 is 19.4 Å². The van der Waals surface area contributed by atoms with E-state index in [4.69, 9.17) is 15.6 Å². The van der Waals surface area contributed by atoms with Gasteiger partial charge in [0.2, 0.25) is 0 Å². The van der Waals surface area contributed by atoms with Gasteiger partial charge >= 0.3 is 5.97 Å². The van der Waals surface area contributed by atoms with Crippen LogP contribution in [0.4, 0.5) is 0 Å². The standard InChI is InChI=1S/C19H24N2O4/c1-19(2,20)16(18(24)25-3)21-17(23)15-11-9-14(10-12-15)8-6-4-5-7-13-22/h4-5,9-12,16,22H,7,13,20H2,1-3H3,(H,21,23)/t16-/m1/s1. The Labute approximate surface area is 148 Å². The van der Waals surface area contributed by atoms with Crippen molar-refractivity contribution in [2.45, 2.75) is 31.8 Å². The van der Waals surface area contributed by atoms with E-state index in [9.17, 15) is 9.59 Å². The molecule has 0 aliphatic heterocycles. The van der Waals surface area contributed by atoms with Crippen LogP contribution >= 0.6 is 0 Å². The first-order chi connectivity index (χ1) is 11.8. The minimum Gasteiger partial charge on any atom is -0.467 e. The lowest BCUT2D eigenvalue weighted by Crippen LogP contribution is -2.59. The number of amides is 1. The number of esters is 1. The average Bonchev–Trinajstić information content (AvgIpc) is 2.58.